The molecular formula is C10H7NO3S. The Kier molecular flexibility index (Phi) is 2.52. The van der Waals surface area contributed by atoms with Crippen molar-refractivity contribution in [2.24, 2.45) is 0 Å². The van der Waals surface area contributed by atoms with E-state index in [1.54, 1.807) is 25.3 Å². The second-order valence-corrected chi connectivity index (χ2v) is 3.73. The van der Waals surface area contributed by atoms with Gasteiger partial charge in [0.05, 0.1) is 12.7 Å². The molecule has 0 aliphatic carbocycles. The van der Waals surface area contributed by atoms with Gasteiger partial charge in [0.1, 0.15) is 16.9 Å². The van der Waals surface area contributed by atoms with Crippen LogP contribution >= 0.6 is 11.8 Å². The highest BCUT2D eigenvalue weighted by Crippen LogP contribution is 2.35. The monoisotopic (exact) mass is 221 g/mol. The maximum absolute atomic E-state index is 11.6. The van der Waals surface area contributed by atoms with E-state index in [0.717, 1.165) is 11.8 Å². The van der Waals surface area contributed by atoms with Gasteiger partial charge in [-0.25, -0.2) is 0 Å². The van der Waals surface area contributed by atoms with Crippen molar-refractivity contribution in [3.8, 4) is 16.9 Å². The number of Topliss-reactive ketones (excluding diaryl/α,β-unsaturated/α-hetero) is 1. The average Bonchev–Trinajstić information content (AvgIpc) is 2.56. The second kappa shape index (κ2) is 3.83. The summed E-state index contributed by atoms with van der Waals surface area (Å²) < 4.78 is 10.3. The lowest BCUT2D eigenvalue weighted by Gasteiger charge is -2.03. The molecule has 0 fully saturated rings. The molecule has 0 bridgehead atoms. The van der Waals surface area contributed by atoms with Gasteiger partial charge in [-0.15, -0.1) is 0 Å². The highest BCUT2D eigenvalue weighted by molar-refractivity contribution is 8.04. The van der Waals surface area contributed by atoms with E-state index in [1.807, 2.05) is 5.40 Å². The molecule has 1 unspecified atom stereocenters. The highest BCUT2D eigenvalue weighted by atomic mass is 32.2. The zero-order valence-corrected chi connectivity index (χ0v) is 8.71. The predicted octanol–water partition coefficient (Wildman–Crippen LogP) is 1.81. The van der Waals surface area contributed by atoms with Crippen LogP contribution in [-0.2, 0) is 0 Å². The number of methoxy groups -OCH3 is 1. The molecule has 1 aromatic rings. The van der Waals surface area contributed by atoms with Crippen molar-refractivity contribution in [2.45, 2.75) is 5.44 Å². The number of carbonyl (C=O) groups excluding carboxylic acids is 1. The first-order valence-electron chi connectivity index (χ1n) is 4.20. The summed E-state index contributed by atoms with van der Waals surface area (Å²) in [5.41, 5.74) is -0.236. The van der Waals surface area contributed by atoms with Crippen molar-refractivity contribution >= 4 is 17.5 Å². The quantitative estimate of drug-likeness (QED) is 0.713. The molecule has 0 radical (unpaired) electrons. The number of thioether (sulfide) groups is 1. The van der Waals surface area contributed by atoms with Gasteiger partial charge in [-0.05, 0) is 12.1 Å². The van der Waals surface area contributed by atoms with Crippen molar-refractivity contribution in [2.75, 3.05) is 7.11 Å². The second-order valence-electron chi connectivity index (χ2n) is 2.89. The molecule has 76 valence electrons. The first kappa shape index (κ1) is 9.87. The van der Waals surface area contributed by atoms with Gasteiger partial charge < -0.3 is 9.47 Å². The standard InChI is InChI=1S/C10H7NO3S/c1-13-6-2-3-7-8(4-6)14-10(9(7)12)15-5-11/h2-4,10H,1H3. The van der Waals surface area contributed by atoms with Crippen molar-refractivity contribution in [1.82, 2.24) is 0 Å². The summed E-state index contributed by atoms with van der Waals surface area (Å²) in [6.45, 7) is 0. The van der Waals surface area contributed by atoms with E-state index in [2.05, 4.69) is 0 Å². The minimum Gasteiger partial charge on any atom is -0.497 e. The van der Waals surface area contributed by atoms with Crippen LogP contribution in [0.5, 0.6) is 11.5 Å². The van der Waals surface area contributed by atoms with Crippen LogP contribution in [0.4, 0.5) is 0 Å². The lowest BCUT2D eigenvalue weighted by molar-refractivity contribution is 0.0938. The predicted molar refractivity (Wildman–Crippen MR) is 54.9 cm³/mol. The Balaban J connectivity index is 2.33. The van der Waals surface area contributed by atoms with Crippen LogP contribution in [0.1, 0.15) is 10.4 Å². The van der Waals surface area contributed by atoms with Crippen LogP contribution in [0.25, 0.3) is 0 Å². The summed E-state index contributed by atoms with van der Waals surface area (Å²) in [6.07, 6.45) is 0. The van der Waals surface area contributed by atoms with Gasteiger partial charge >= 0.3 is 0 Å². The average molecular weight is 221 g/mol. The van der Waals surface area contributed by atoms with E-state index in [0.29, 0.717) is 17.1 Å². The fourth-order valence-electron chi connectivity index (χ4n) is 1.35. The maximum atomic E-state index is 11.6. The summed E-state index contributed by atoms with van der Waals surface area (Å²) in [7, 11) is 1.54. The molecule has 0 spiro atoms. The van der Waals surface area contributed by atoms with E-state index in [1.165, 1.54) is 0 Å². The summed E-state index contributed by atoms with van der Waals surface area (Å²) in [5.74, 6) is 0.940. The minimum atomic E-state index is -0.739. The fraction of sp³-hybridized carbons (Fsp3) is 0.200. The molecule has 0 aromatic heterocycles. The van der Waals surface area contributed by atoms with Crippen molar-refractivity contribution in [1.29, 1.82) is 5.26 Å². The number of hydrogen-bond acceptors (Lipinski definition) is 5. The van der Waals surface area contributed by atoms with Gasteiger partial charge in [0.15, 0.2) is 0 Å². The van der Waals surface area contributed by atoms with E-state index in [-0.39, 0.29) is 5.78 Å². The van der Waals surface area contributed by atoms with Gasteiger partial charge in [-0.3, -0.25) is 4.79 Å². The molecule has 0 N–H and O–H groups in total. The van der Waals surface area contributed by atoms with Crippen molar-refractivity contribution in [3.63, 3.8) is 0 Å². The number of nitriles is 1. The summed E-state index contributed by atoms with van der Waals surface area (Å²) in [6, 6.07) is 4.99. The summed E-state index contributed by atoms with van der Waals surface area (Å²) in [4.78, 5) is 11.6. The van der Waals surface area contributed by atoms with E-state index < -0.39 is 5.44 Å². The maximum Gasteiger partial charge on any atom is 0.220 e. The molecule has 0 saturated heterocycles. The first-order chi connectivity index (χ1) is 7.26. The SMILES string of the molecule is COc1ccc2c(c1)OC(SC#N)C2=O. The Bertz CT molecular complexity index is 452. The smallest absolute Gasteiger partial charge is 0.220 e. The molecule has 2 rings (SSSR count). The topological polar surface area (TPSA) is 59.3 Å². The Morgan fingerprint density at radius 1 is 1.60 bits per heavy atom. The van der Waals surface area contributed by atoms with Crippen LogP contribution in [0.2, 0.25) is 0 Å². The van der Waals surface area contributed by atoms with Crippen LogP contribution in [-0.4, -0.2) is 18.3 Å². The van der Waals surface area contributed by atoms with Gasteiger partial charge in [-0.1, -0.05) is 0 Å². The molecule has 5 heteroatoms. The van der Waals surface area contributed by atoms with E-state index >= 15 is 0 Å². The van der Waals surface area contributed by atoms with Gasteiger partial charge in [-0.2, -0.15) is 5.26 Å². The zero-order valence-electron chi connectivity index (χ0n) is 7.89. The van der Waals surface area contributed by atoms with Crippen LogP contribution in [0.15, 0.2) is 18.2 Å². The van der Waals surface area contributed by atoms with Crippen molar-refractivity contribution in [3.05, 3.63) is 23.8 Å². The molecule has 1 heterocycles. The van der Waals surface area contributed by atoms with Crippen LogP contribution < -0.4 is 9.47 Å². The molecule has 1 aromatic carbocycles. The third-order valence-corrected chi connectivity index (χ3v) is 2.69. The molecular weight excluding hydrogens is 214 g/mol. The van der Waals surface area contributed by atoms with Crippen LogP contribution in [0.3, 0.4) is 0 Å². The number of ketones is 1. The molecule has 0 saturated carbocycles. The van der Waals surface area contributed by atoms with E-state index in [4.69, 9.17) is 14.7 Å². The van der Waals surface area contributed by atoms with Gasteiger partial charge in [0.25, 0.3) is 0 Å². The number of rotatable bonds is 2. The van der Waals surface area contributed by atoms with Crippen LogP contribution in [0, 0.1) is 10.7 Å². The molecule has 4 nitrogen and oxygen atoms in total. The minimum absolute atomic E-state index is 0.167. The number of hydrogen-bond donors (Lipinski definition) is 0. The molecule has 1 atom stereocenters. The Labute approximate surface area is 90.8 Å². The Morgan fingerprint density at radius 2 is 2.40 bits per heavy atom. The third kappa shape index (κ3) is 1.64. The summed E-state index contributed by atoms with van der Waals surface area (Å²) >= 11 is 0.810. The number of thiocyanates is 1. The number of carbonyl (C=O) groups is 1. The molecule has 1 aliphatic rings. The molecule has 1 aliphatic heterocycles. The lowest BCUT2D eigenvalue weighted by Crippen LogP contribution is -2.14. The van der Waals surface area contributed by atoms with Crippen molar-refractivity contribution < 1.29 is 14.3 Å². The summed E-state index contributed by atoms with van der Waals surface area (Å²) in [5, 5.41) is 10.3. The highest BCUT2D eigenvalue weighted by Gasteiger charge is 2.33. The molecule has 15 heavy (non-hydrogen) atoms. The lowest BCUT2D eigenvalue weighted by atomic mass is 10.1. The first-order valence-corrected chi connectivity index (χ1v) is 5.08. The fourth-order valence-corrected chi connectivity index (χ4v) is 1.83. The Morgan fingerprint density at radius 3 is 3.07 bits per heavy atom. The largest absolute Gasteiger partial charge is 0.497 e. The Hall–Kier alpha value is -1.67. The van der Waals surface area contributed by atoms with E-state index in [9.17, 15) is 4.79 Å². The van der Waals surface area contributed by atoms with Gasteiger partial charge in [0, 0.05) is 17.8 Å². The zero-order chi connectivity index (χ0) is 10.8. The number of ether oxygens (including phenoxy) is 2. The normalized spacial score (nSPS) is 17.9. The third-order valence-electron chi connectivity index (χ3n) is 2.06. The van der Waals surface area contributed by atoms with Gasteiger partial charge in [0.2, 0.25) is 11.2 Å². The number of benzene rings is 1. The molecule has 0 amide bonds. The number of fused-ring (bicyclic) bond motifs is 1. The number of nitrogens with zero attached hydrogens (tertiary/aromatic N) is 1.